The van der Waals surface area contributed by atoms with E-state index < -0.39 is 0 Å². The Morgan fingerprint density at radius 1 is 0.960 bits per heavy atom. The molecule has 4 rings (SSSR count). The lowest BCUT2D eigenvalue weighted by molar-refractivity contribution is -0.113. The third kappa shape index (κ3) is 2.12. The van der Waals surface area contributed by atoms with Crippen LogP contribution in [0.15, 0.2) is 71.4 Å². The van der Waals surface area contributed by atoms with Crippen LogP contribution in [0.1, 0.15) is 41.3 Å². The second kappa shape index (κ2) is 5.55. The number of Topliss-reactive ketones (excluding diaryl/α,β-unsaturated/α-hetero) is 2. The van der Waals surface area contributed by atoms with Crippen LogP contribution in [0.3, 0.4) is 0 Å². The maximum Gasteiger partial charge on any atom is 0.192 e. The predicted molar refractivity (Wildman–Crippen MR) is 98.0 cm³/mol. The van der Waals surface area contributed by atoms with Crippen molar-refractivity contribution >= 4 is 17.3 Å². The molecule has 124 valence electrons. The van der Waals surface area contributed by atoms with Gasteiger partial charge >= 0.3 is 0 Å². The highest BCUT2D eigenvalue weighted by Gasteiger charge is 2.43. The molecule has 3 nitrogen and oxygen atoms in total. The Balaban J connectivity index is 2.03. The minimum absolute atomic E-state index is 0.00788. The van der Waals surface area contributed by atoms with Crippen molar-refractivity contribution in [2.24, 2.45) is 0 Å². The smallest absolute Gasteiger partial charge is 0.192 e. The van der Waals surface area contributed by atoms with Crippen LogP contribution in [0.2, 0.25) is 0 Å². The van der Waals surface area contributed by atoms with Crippen LogP contribution >= 0.6 is 0 Å². The van der Waals surface area contributed by atoms with Gasteiger partial charge in [-0.1, -0.05) is 54.6 Å². The Morgan fingerprint density at radius 3 is 2.20 bits per heavy atom. The zero-order valence-corrected chi connectivity index (χ0v) is 14.5. The summed E-state index contributed by atoms with van der Waals surface area (Å²) in [6, 6.07) is 17.5. The van der Waals surface area contributed by atoms with Crippen LogP contribution in [-0.4, -0.2) is 23.5 Å². The quantitative estimate of drug-likeness (QED) is 0.829. The lowest BCUT2D eigenvalue weighted by atomic mass is 9.78. The van der Waals surface area contributed by atoms with Crippen molar-refractivity contribution < 1.29 is 9.59 Å². The number of allylic oxidation sites excluding steroid dienone is 3. The van der Waals surface area contributed by atoms with Gasteiger partial charge in [-0.25, -0.2) is 0 Å². The van der Waals surface area contributed by atoms with Crippen LogP contribution in [0.5, 0.6) is 0 Å². The van der Waals surface area contributed by atoms with Crippen molar-refractivity contribution in [2.75, 3.05) is 7.05 Å². The molecule has 1 atom stereocenters. The highest BCUT2D eigenvalue weighted by Crippen LogP contribution is 2.49. The van der Waals surface area contributed by atoms with E-state index in [-0.39, 0.29) is 17.5 Å². The lowest BCUT2D eigenvalue weighted by Gasteiger charge is -2.35. The summed E-state index contributed by atoms with van der Waals surface area (Å²) in [6.45, 7) is 3.54. The number of carbonyl (C=O) groups is 2. The molecule has 0 saturated heterocycles. The Kier molecular flexibility index (Phi) is 3.46. The first-order chi connectivity index (χ1) is 12.0. The number of rotatable bonds is 2. The highest BCUT2D eigenvalue weighted by molar-refractivity contribution is 6.23. The fourth-order valence-electron chi connectivity index (χ4n) is 4.05. The lowest BCUT2D eigenvalue weighted by Crippen LogP contribution is -2.29. The fraction of sp³-hybridized carbons (Fsp3) is 0.182. The van der Waals surface area contributed by atoms with Gasteiger partial charge in [0, 0.05) is 40.9 Å². The fourth-order valence-corrected chi connectivity index (χ4v) is 4.05. The van der Waals surface area contributed by atoms with Gasteiger partial charge in [0.15, 0.2) is 11.6 Å². The van der Waals surface area contributed by atoms with E-state index in [0.29, 0.717) is 11.1 Å². The van der Waals surface area contributed by atoms with Gasteiger partial charge in [-0.05, 0) is 19.4 Å². The first-order valence-corrected chi connectivity index (χ1v) is 8.41. The van der Waals surface area contributed by atoms with E-state index >= 15 is 0 Å². The molecule has 25 heavy (non-hydrogen) atoms. The molecule has 0 spiro atoms. The number of hydrogen-bond acceptors (Lipinski definition) is 3. The number of hydrogen-bond donors (Lipinski definition) is 0. The molecule has 0 radical (unpaired) electrons. The zero-order valence-electron chi connectivity index (χ0n) is 14.5. The Labute approximate surface area is 147 Å². The van der Waals surface area contributed by atoms with Gasteiger partial charge < -0.3 is 4.90 Å². The molecule has 0 aromatic heterocycles. The molecule has 0 saturated carbocycles. The standard InChI is InChI=1S/C22H19NO2/c1-13-18(14(2)24)19(15-9-5-4-6-10-15)20-21(23(13)3)16-11-7-8-12-17(16)22(20)25/h4-12,19H,1-3H3. The van der Waals surface area contributed by atoms with Crippen LogP contribution in [0.25, 0.3) is 5.70 Å². The normalized spacial score (nSPS) is 19.2. The highest BCUT2D eigenvalue weighted by atomic mass is 16.1. The Bertz CT molecular complexity index is 967. The van der Waals surface area contributed by atoms with Crippen molar-refractivity contribution in [2.45, 2.75) is 19.8 Å². The largest absolute Gasteiger partial charge is 0.347 e. The molecular weight excluding hydrogens is 310 g/mol. The molecule has 3 heteroatoms. The van der Waals surface area contributed by atoms with Gasteiger partial charge in [-0.2, -0.15) is 0 Å². The summed E-state index contributed by atoms with van der Waals surface area (Å²) in [5.41, 5.74) is 5.90. The van der Waals surface area contributed by atoms with Crippen molar-refractivity contribution in [1.82, 2.24) is 4.90 Å². The number of ketones is 2. The van der Waals surface area contributed by atoms with Crippen LogP contribution in [0.4, 0.5) is 0 Å². The molecule has 0 fully saturated rings. The minimum Gasteiger partial charge on any atom is -0.347 e. The van der Waals surface area contributed by atoms with Crippen molar-refractivity contribution in [3.05, 3.63) is 88.1 Å². The average molecular weight is 329 g/mol. The van der Waals surface area contributed by atoms with E-state index in [1.165, 1.54) is 0 Å². The van der Waals surface area contributed by atoms with Gasteiger partial charge in [0.25, 0.3) is 0 Å². The van der Waals surface area contributed by atoms with E-state index in [4.69, 9.17) is 0 Å². The first-order valence-electron chi connectivity index (χ1n) is 8.41. The summed E-state index contributed by atoms with van der Waals surface area (Å²) in [5.74, 6) is -0.282. The summed E-state index contributed by atoms with van der Waals surface area (Å²) in [4.78, 5) is 27.7. The SMILES string of the molecule is CC(=O)C1=C(C)N(C)C2=C(C(=O)c3ccccc32)C1c1ccccc1. The molecule has 0 bridgehead atoms. The van der Waals surface area contributed by atoms with E-state index in [1.54, 1.807) is 6.92 Å². The van der Waals surface area contributed by atoms with Crippen molar-refractivity contribution in [1.29, 1.82) is 0 Å². The summed E-state index contributed by atoms with van der Waals surface area (Å²) < 4.78 is 0. The molecule has 1 heterocycles. The first kappa shape index (κ1) is 15.6. The van der Waals surface area contributed by atoms with Gasteiger partial charge in [0.1, 0.15) is 0 Å². The number of fused-ring (bicyclic) bond motifs is 2. The van der Waals surface area contributed by atoms with E-state index in [0.717, 1.165) is 28.1 Å². The molecule has 2 aromatic carbocycles. The Hall–Kier alpha value is -2.94. The number of nitrogens with zero attached hydrogens (tertiary/aromatic N) is 1. The molecule has 0 N–H and O–H groups in total. The van der Waals surface area contributed by atoms with E-state index in [1.807, 2.05) is 73.5 Å². The van der Waals surface area contributed by atoms with Crippen LogP contribution < -0.4 is 0 Å². The Morgan fingerprint density at radius 2 is 1.56 bits per heavy atom. The van der Waals surface area contributed by atoms with Gasteiger partial charge in [-0.15, -0.1) is 0 Å². The van der Waals surface area contributed by atoms with Crippen LogP contribution in [0, 0.1) is 0 Å². The number of benzene rings is 2. The molecule has 1 aliphatic heterocycles. The third-order valence-corrected chi connectivity index (χ3v) is 5.24. The maximum absolute atomic E-state index is 13.2. The molecule has 0 amide bonds. The monoisotopic (exact) mass is 329 g/mol. The molecule has 1 aliphatic carbocycles. The predicted octanol–water partition coefficient (Wildman–Crippen LogP) is 4.19. The topological polar surface area (TPSA) is 37.4 Å². The van der Waals surface area contributed by atoms with E-state index in [2.05, 4.69) is 0 Å². The van der Waals surface area contributed by atoms with Gasteiger partial charge in [0.05, 0.1) is 5.70 Å². The average Bonchev–Trinajstić information content (AvgIpc) is 2.92. The minimum atomic E-state index is -0.315. The summed E-state index contributed by atoms with van der Waals surface area (Å²) >= 11 is 0. The van der Waals surface area contributed by atoms with Crippen LogP contribution in [-0.2, 0) is 4.79 Å². The van der Waals surface area contributed by atoms with Gasteiger partial charge in [0.2, 0.25) is 0 Å². The number of carbonyl (C=O) groups excluding carboxylic acids is 2. The molecule has 2 aromatic rings. The molecule has 1 unspecified atom stereocenters. The summed E-state index contributed by atoms with van der Waals surface area (Å²) in [6.07, 6.45) is 0. The van der Waals surface area contributed by atoms with E-state index in [9.17, 15) is 9.59 Å². The van der Waals surface area contributed by atoms with Crippen molar-refractivity contribution in [3.63, 3.8) is 0 Å². The third-order valence-electron chi connectivity index (χ3n) is 5.24. The summed E-state index contributed by atoms with van der Waals surface area (Å²) in [5, 5.41) is 0. The maximum atomic E-state index is 13.2. The van der Waals surface area contributed by atoms with Crippen molar-refractivity contribution in [3.8, 4) is 0 Å². The second-order valence-corrected chi connectivity index (χ2v) is 6.59. The summed E-state index contributed by atoms with van der Waals surface area (Å²) in [7, 11) is 1.93. The molecule has 2 aliphatic rings. The second-order valence-electron chi connectivity index (χ2n) is 6.59. The van der Waals surface area contributed by atoms with Gasteiger partial charge in [-0.3, -0.25) is 9.59 Å². The molecular formula is C22H19NO2. The zero-order chi connectivity index (χ0) is 17.7.